The fourth-order valence-electron chi connectivity index (χ4n) is 7.53. The van der Waals surface area contributed by atoms with Crippen LogP contribution >= 0.6 is 0 Å². The first-order valence-corrected chi connectivity index (χ1v) is 26.6. The minimum atomic E-state index is -0.665. The van der Waals surface area contributed by atoms with Crippen molar-refractivity contribution in [2.75, 3.05) is 6.61 Å². The molecule has 1 amide bonds. The molecule has 0 saturated carbocycles. The predicted octanol–water partition coefficient (Wildman–Crippen LogP) is 17.5. The zero-order chi connectivity index (χ0) is 45.6. The molecule has 0 aliphatic heterocycles. The lowest BCUT2D eigenvalue weighted by molar-refractivity contribution is -0.123. The number of aliphatic hydroxyl groups is 2. The number of carbonyl (C=O) groups is 1. The van der Waals surface area contributed by atoms with Gasteiger partial charge in [0, 0.05) is 6.42 Å². The molecular weight excluding hydrogens is 771 g/mol. The number of rotatable bonds is 47. The van der Waals surface area contributed by atoms with Gasteiger partial charge in [0.15, 0.2) is 0 Å². The fraction of sp³-hybridized carbons (Fsp3) is 0.678. The van der Waals surface area contributed by atoms with Crippen molar-refractivity contribution in [2.45, 2.75) is 251 Å². The van der Waals surface area contributed by atoms with Gasteiger partial charge in [-0.15, -0.1) is 0 Å². The predicted molar refractivity (Wildman–Crippen MR) is 280 cm³/mol. The maximum absolute atomic E-state index is 12.4. The van der Waals surface area contributed by atoms with Crippen LogP contribution < -0.4 is 5.32 Å². The van der Waals surface area contributed by atoms with Gasteiger partial charge in [-0.25, -0.2) is 0 Å². The van der Waals surface area contributed by atoms with Crippen LogP contribution in [-0.2, 0) is 4.79 Å². The molecule has 0 aromatic carbocycles. The second-order valence-electron chi connectivity index (χ2n) is 17.6. The molecule has 4 nitrogen and oxygen atoms in total. The number of unbranched alkanes of at least 4 members (excludes halogenated alkanes) is 22. The number of aliphatic hydroxyl groups excluding tert-OH is 2. The molecule has 3 N–H and O–H groups in total. The molecule has 0 aromatic heterocycles. The largest absolute Gasteiger partial charge is 0.394 e. The van der Waals surface area contributed by atoms with Gasteiger partial charge in [-0.1, -0.05) is 258 Å². The second-order valence-corrected chi connectivity index (χ2v) is 17.6. The first kappa shape index (κ1) is 60.1. The first-order valence-electron chi connectivity index (χ1n) is 26.6. The van der Waals surface area contributed by atoms with Gasteiger partial charge >= 0.3 is 0 Å². The van der Waals surface area contributed by atoms with Gasteiger partial charge in [-0.3, -0.25) is 4.79 Å². The highest BCUT2D eigenvalue weighted by molar-refractivity contribution is 5.76. The lowest BCUT2D eigenvalue weighted by Crippen LogP contribution is -2.45. The molecule has 0 spiro atoms. The Balaban J connectivity index is 3.56. The second kappa shape index (κ2) is 53.4. The summed E-state index contributed by atoms with van der Waals surface area (Å²) in [5.41, 5.74) is 0. The normalized spacial score (nSPS) is 13.8. The van der Waals surface area contributed by atoms with Gasteiger partial charge in [0.1, 0.15) is 0 Å². The van der Waals surface area contributed by atoms with Crippen LogP contribution in [0.1, 0.15) is 239 Å². The maximum atomic E-state index is 12.4. The molecule has 0 aromatic rings. The van der Waals surface area contributed by atoms with Crippen molar-refractivity contribution in [3.05, 3.63) is 109 Å². The molecular formula is C59H101NO3. The van der Waals surface area contributed by atoms with Gasteiger partial charge < -0.3 is 15.5 Å². The maximum Gasteiger partial charge on any atom is 0.220 e. The third-order valence-electron chi connectivity index (χ3n) is 11.5. The zero-order valence-electron chi connectivity index (χ0n) is 41.3. The van der Waals surface area contributed by atoms with E-state index in [0.717, 1.165) is 83.5 Å². The van der Waals surface area contributed by atoms with Crippen molar-refractivity contribution < 1.29 is 15.0 Å². The van der Waals surface area contributed by atoms with Gasteiger partial charge in [0.05, 0.1) is 18.8 Å². The third-order valence-corrected chi connectivity index (χ3v) is 11.5. The summed E-state index contributed by atoms with van der Waals surface area (Å²) in [6.45, 7) is 4.23. The van der Waals surface area contributed by atoms with Crippen LogP contribution in [0.5, 0.6) is 0 Å². The van der Waals surface area contributed by atoms with E-state index in [1.165, 1.54) is 128 Å². The van der Waals surface area contributed by atoms with E-state index in [-0.39, 0.29) is 12.5 Å². The Morgan fingerprint density at radius 1 is 0.397 bits per heavy atom. The summed E-state index contributed by atoms with van der Waals surface area (Å²) in [5.74, 6) is -0.0394. The van der Waals surface area contributed by atoms with Crippen LogP contribution in [0, 0.1) is 0 Å². The molecule has 0 aliphatic carbocycles. The summed E-state index contributed by atoms with van der Waals surface area (Å²) in [7, 11) is 0. The lowest BCUT2D eigenvalue weighted by atomic mass is 10.0. The minimum Gasteiger partial charge on any atom is -0.394 e. The summed E-state index contributed by atoms with van der Waals surface area (Å²) in [6.07, 6.45) is 80.6. The number of allylic oxidation sites excluding steroid dienone is 18. The van der Waals surface area contributed by atoms with E-state index in [1.54, 1.807) is 0 Å². The smallest absolute Gasteiger partial charge is 0.220 e. The molecule has 0 saturated heterocycles. The first-order chi connectivity index (χ1) is 31.2. The van der Waals surface area contributed by atoms with E-state index in [1.807, 2.05) is 0 Å². The van der Waals surface area contributed by atoms with Crippen LogP contribution in [0.4, 0.5) is 0 Å². The third kappa shape index (κ3) is 49.9. The summed E-state index contributed by atoms with van der Waals surface area (Å²) >= 11 is 0. The highest BCUT2D eigenvalue weighted by atomic mass is 16.3. The van der Waals surface area contributed by atoms with E-state index in [4.69, 9.17) is 0 Å². The van der Waals surface area contributed by atoms with Crippen LogP contribution in [0.25, 0.3) is 0 Å². The minimum absolute atomic E-state index is 0.0394. The van der Waals surface area contributed by atoms with E-state index >= 15 is 0 Å². The van der Waals surface area contributed by atoms with E-state index in [2.05, 4.69) is 129 Å². The molecule has 4 heteroatoms. The molecule has 0 radical (unpaired) electrons. The Morgan fingerprint density at radius 3 is 1.05 bits per heavy atom. The molecule has 2 atom stereocenters. The average molecular weight is 872 g/mol. The number of hydrogen-bond donors (Lipinski definition) is 3. The zero-order valence-corrected chi connectivity index (χ0v) is 41.3. The molecule has 0 fully saturated rings. The van der Waals surface area contributed by atoms with Crippen LogP contribution in [0.15, 0.2) is 109 Å². The van der Waals surface area contributed by atoms with Crippen molar-refractivity contribution in [3.63, 3.8) is 0 Å². The number of hydrogen-bond acceptors (Lipinski definition) is 3. The number of amides is 1. The summed E-state index contributed by atoms with van der Waals surface area (Å²) in [6, 6.07) is -0.543. The Morgan fingerprint density at radius 2 is 0.698 bits per heavy atom. The lowest BCUT2D eigenvalue weighted by Gasteiger charge is -2.22. The highest BCUT2D eigenvalue weighted by Gasteiger charge is 2.20. The van der Waals surface area contributed by atoms with E-state index < -0.39 is 12.1 Å². The quantitative estimate of drug-likeness (QED) is 0.0421. The topological polar surface area (TPSA) is 69.6 Å². The van der Waals surface area contributed by atoms with Crippen molar-refractivity contribution >= 4 is 5.91 Å². The van der Waals surface area contributed by atoms with Crippen LogP contribution in [0.2, 0.25) is 0 Å². The van der Waals surface area contributed by atoms with Gasteiger partial charge in [-0.05, 0) is 83.5 Å². The van der Waals surface area contributed by atoms with Crippen molar-refractivity contribution in [1.29, 1.82) is 0 Å². The van der Waals surface area contributed by atoms with Gasteiger partial charge in [-0.2, -0.15) is 0 Å². The highest BCUT2D eigenvalue weighted by Crippen LogP contribution is 2.15. The molecule has 0 rings (SSSR count). The average Bonchev–Trinajstić information content (AvgIpc) is 3.29. The molecule has 63 heavy (non-hydrogen) atoms. The summed E-state index contributed by atoms with van der Waals surface area (Å²) in [4.78, 5) is 12.4. The molecule has 0 heterocycles. The Labute approximate surface area is 391 Å². The monoisotopic (exact) mass is 872 g/mol. The van der Waals surface area contributed by atoms with Crippen molar-refractivity contribution in [3.8, 4) is 0 Å². The van der Waals surface area contributed by atoms with Crippen LogP contribution in [0.3, 0.4) is 0 Å². The van der Waals surface area contributed by atoms with Crippen molar-refractivity contribution in [2.24, 2.45) is 0 Å². The van der Waals surface area contributed by atoms with Crippen molar-refractivity contribution in [1.82, 2.24) is 5.32 Å². The molecule has 0 aliphatic rings. The molecule has 0 bridgehead atoms. The molecule has 360 valence electrons. The number of carbonyl (C=O) groups excluding carboxylic acids is 1. The Bertz CT molecular complexity index is 1220. The van der Waals surface area contributed by atoms with E-state index in [0.29, 0.717) is 12.8 Å². The van der Waals surface area contributed by atoms with Crippen LogP contribution in [-0.4, -0.2) is 34.9 Å². The van der Waals surface area contributed by atoms with Gasteiger partial charge in [0.25, 0.3) is 0 Å². The number of nitrogens with one attached hydrogen (secondary N) is 1. The van der Waals surface area contributed by atoms with E-state index in [9.17, 15) is 15.0 Å². The summed E-state index contributed by atoms with van der Waals surface area (Å²) in [5, 5.41) is 23.2. The summed E-state index contributed by atoms with van der Waals surface area (Å²) < 4.78 is 0. The fourth-order valence-corrected chi connectivity index (χ4v) is 7.53. The standard InChI is InChI=1S/C59H101NO3/c1-3-5-7-9-11-13-15-17-18-19-20-21-22-23-24-25-26-27-28-29-30-31-32-33-34-35-36-37-38-39-40-41-42-43-45-47-49-51-53-55-59(63)60-57(56-61)58(62)54-52-50-48-46-44-16-14-12-10-8-6-4-2/h5,7,11,13,17-18,20-21,23-24,26-27,29-30,32-33,35-36,57-58,61-62H,3-4,6,8-10,12,14-16,19,22,25,28,31,34,37-56H2,1-2H3,(H,60,63)/b7-5-,13-11-,18-17-,21-20-,24-23-,27-26-,30-29-,33-32-,36-35-. The SMILES string of the molecule is CC/C=C\C/C=C\C/C=C\C/C=C\C/C=C\C/C=C\C/C=C\C/C=C\C/C=C\CCCCCCCCCCCCCC(=O)NC(CO)C(O)CCCCCCCCCCCCCC. The van der Waals surface area contributed by atoms with Gasteiger partial charge in [0.2, 0.25) is 5.91 Å². The Hall–Kier alpha value is -2.95. The Kier molecular flexibility index (Phi) is 50.9. The molecule has 2 unspecified atom stereocenters.